The minimum absolute atomic E-state index is 0.0918. The molecule has 0 bridgehead atoms. The van der Waals surface area contributed by atoms with Crippen molar-refractivity contribution in [3.8, 4) is 0 Å². The molecule has 3 rings (SSSR count). The Morgan fingerprint density at radius 3 is 2.65 bits per heavy atom. The van der Waals surface area contributed by atoms with Crippen molar-refractivity contribution in [3.63, 3.8) is 0 Å². The molecule has 9 heteroatoms. The Bertz CT molecular complexity index is 957. The Morgan fingerprint density at radius 2 is 1.96 bits per heavy atom. The smallest absolute Gasteiger partial charge is 0.332 e. The zero-order chi connectivity index (χ0) is 19.0. The van der Waals surface area contributed by atoms with Crippen LogP contribution in [0.25, 0.3) is 0 Å². The van der Waals surface area contributed by atoms with E-state index in [2.05, 4.69) is 0 Å². The number of rotatable bonds is 3. The molecule has 1 aromatic heterocycles. The topological polar surface area (TPSA) is 73.3 Å². The Morgan fingerprint density at radius 1 is 1.27 bits per heavy atom. The van der Waals surface area contributed by atoms with Crippen LogP contribution in [0.2, 0.25) is 5.02 Å². The van der Waals surface area contributed by atoms with Crippen molar-refractivity contribution in [2.24, 2.45) is 12.8 Å². The van der Waals surface area contributed by atoms with E-state index in [1.807, 2.05) is 4.90 Å². The summed E-state index contributed by atoms with van der Waals surface area (Å²) in [7, 11) is 1.33. The Hall–Kier alpha value is -2.19. The number of nitrogens with zero attached hydrogens (tertiary/aromatic N) is 3. The summed E-state index contributed by atoms with van der Waals surface area (Å²) in [5, 5.41) is -0.382. The van der Waals surface area contributed by atoms with Crippen LogP contribution in [-0.4, -0.2) is 28.3 Å². The molecule has 1 atom stereocenters. The molecule has 0 aliphatic carbocycles. The van der Waals surface area contributed by atoms with Crippen LogP contribution in [-0.2, 0) is 13.6 Å². The van der Waals surface area contributed by atoms with Crippen molar-refractivity contribution in [3.05, 3.63) is 61.3 Å². The lowest BCUT2D eigenvalue weighted by atomic mass is 10.1. The summed E-state index contributed by atoms with van der Waals surface area (Å²) in [6.07, 6.45) is 1.65. The molecule has 2 N–H and O–H groups in total. The molecule has 1 aromatic carbocycles. The van der Waals surface area contributed by atoms with Gasteiger partial charge in [-0.1, -0.05) is 11.6 Å². The van der Waals surface area contributed by atoms with E-state index in [4.69, 9.17) is 17.3 Å². The van der Waals surface area contributed by atoms with Gasteiger partial charge in [-0.3, -0.25) is 13.9 Å². The molecule has 0 radical (unpaired) electrons. The molecule has 140 valence electrons. The molecule has 0 amide bonds. The molecule has 6 nitrogen and oxygen atoms in total. The molecular weight excluding hydrogens is 366 g/mol. The highest BCUT2D eigenvalue weighted by molar-refractivity contribution is 6.31. The second-order valence-corrected chi connectivity index (χ2v) is 6.82. The fraction of sp³-hybridized carbons (Fsp3) is 0.412. The highest BCUT2D eigenvalue weighted by atomic mass is 35.5. The van der Waals surface area contributed by atoms with Crippen LogP contribution in [0.5, 0.6) is 0 Å². The predicted octanol–water partition coefficient (Wildman–Crippen LogP) is 1.45. The molecule has 0 saturated carbocycles. The molecule has 1 aliphatic heterocycles. The van der Waals surface area contributed by atoms with Crippen LogP contribution in [0.3, 0.4) is 0 Å². The first kappa shape index (κ1) is 18.6. The molecular formula is C17H19ClF2N4O2. The molecule has 1 fully saturated rings. The quantitative estimate of drug-likeness (QED) is 0.813. The number of nitrogens with two attached hydrogens (primary N) is 1. The third-order valence-electron chi connectivity index (χ3n) is 4.61. The van der Waals surface area contributed by atoms with Crippen LogP contribution < -0.4 is 21.9 Å². The highest BCUT2D eigenvalue weighted by Crippen LogP contribution is 2.25. The Kier molecular flexibility index (Phi) is 5.15. The van der Waals surface area contributed by atoms with Gasteiger partial charge >= 0.3 is 5.69 Å². The number of hydrogen-bond acceptors (Lipinski definition) is 4. The van der Waals surface area contributed by atoms with E-state index < -0.39 is 22.9 Å². The van der Waals surface area contributed by atoms with Gasteiger partial charge in [0.15, 0.2) is 0 Å². The maximum Gasteiger partial charge on any atom is 0.332 e. The third-order valence-corrected chi connectivity index (χ3v) is 5.02. The van der Waals surface area contributed by atoms with Gasteiger partial charge in [-0.25, -0.2) is 13.6 Å². The van der Waals surface area contributed by atoms with E-state index in [0.29, 0.717) is 18.9 Å². The monoisotopic (exact) mass is 384 g/mol. The molecule has 1 unspecified atom stereocenters. The van der Waals surface area contributed by atoms with E-state index in [0.717, 1.165) is 29.5 Å². The van der Waals surface area contributed by atoms with Gasteiger partial charge in [-0.15, -0.1) is 0 Å². The second-order valence-electron chi connectivity index (χ2n) is 6.44. The minimum Gasteiger partial charge on any atom is -0.356 e. The average molecular weight is 385 g/mol. The van der Waals surface area contributed by atoms with Gasteiger partial charge in [0.25, 0.3) is 5.56 Å². The largest absolute Gasteiger partial charge is 0.356 e. The first-order valence-electron chi connectivity index (χ1n) is 8.23. The fourth-order valence-corrected chi connectivity index (χ4v) is 3.37. The van der Waals surface area contributed by atoms with Crippen molar-refractivity contribution >= 4 is 17.4 Å². The first-order valence-corrected chi connectivity index (χ1v) is 8.61. The van der Waals surface area contributed by atoms with Gasteiger partial charge in [-0.2, -0.15) is 0 Å². The van der Waals surface area contributed by atoms with Crippen molar-refractivity contribution in [2.45, 2.75) is 25.4 Å². The molecule has 2 heterocycles. The lowest BCUT2D eigenvalue weighted by Gasteiger charge is -2.34. The summed E-state index contributed by atoms with van der Waals surface area (Å²) in [5.41, 5.74) is 4.74. The van der Waals surface area contributed by atoms with Crippen LogP contribution in [0.15, 0.2) is 27.8 Å². The number of anilines is 1. The Balaban J connectivity index is 2.15. The van der Waals surface area contributed by atoms with Gasteiger partial charge in [-0.05, 0) is 25.0 Å². The van der Waals surface area contributed by atoms with Crippen LogP contribution >= 0.6 is 11.6 Å². The zero-order valence-electron chi connectivity index (χ0n) is 14.2. The summed E-state index contributed by atoms with van der Waals surface area (Å²) in [6, 6.07) is 3.10. The highest BCUT2D eigenvalue weighted by Gasteiger charge is 2.23. The lowest BCUT2D eigenvalue weighted by Crippen LogP contribution is -2.47. The van der Waals surface area contributed by atoms with Crippen molar-refractivity contribution < 1.29 is 8.78 Å². The SMILES string of the molecule is Cn1c(=O)cc(N2CCCC(N)C2)n(Cc2c(F)ccc(F)c2Cl)c1=O. The third kappa shape index (κ3) is 3.39. The normalized spacial score (nSPS) is 17.6. The summed E-state index contributed by atoms with van der Waals surface area (Å²) < 4.78 is 30.1. The van der Waals surface area contributed by atoms with E-state index >= 15 is 0 Å². The van der Waals surface area contributed by atoms with Gasteiger partial charge in [0.1, 0.15) is 17.5 Å². The summed E-state index contributed by atoms with van der Waals surface area (Å²) in [5.74, 6) is -1.17. The Labute approximate surface area is 153 Å². The summed E-state index contributed by atoms with van der Waals surface area (Å²) >= 11 is 5.90. The second kappa shape index (κ2) is 7.20. The summed E-state index contributed by atoms with van der Waals surface area (Å²) in [6.45, 7) is 0.780. The van der Waals surface area contributed by atoms with Gasteiger partial charge in [0.05, 0.1) is 11.6 Å². The predicted molar refractivity (Wildman–Crippen MR) is 95.8 cm³/mol. The van der Waals surface area contributed by atoms with Crippen molar-refractivity contribution in [2.75, 3.05) is 18.0 Å². The van der Waals surface area contributed by atoms with Gasteiger partial charge in [0.2, 0.25) is 0 Å². The maximum atomic E-state index is 14.2. The van der Waals surface area contributed by atoms with E-state index in [9.17, 15) is 18.4 Å². The van der Waals surface area contributed by atoms with Gasteiger partial charge in [0, 0.05) is 37.8 Å². The standard InChI is InChI=1S/C17H19ClF2N4O2/c1-22-15(25)7-14(23-6-2-3-10(21)8-23)24(17(22)26)9-11-12(19)4-5-13(20)16(11)18/h4-5,7,10H,2-3,6,8-9,21H2,1H3. The zero-order valence-corrected chi connectivity index (χ0v) is 15.0. The molecule has 0 spiro atoms. The molecule has 1 saturated heterocycles. The number of piperidine rings is 1. The first-order chi connectivity index (χ1) is 12.3. The number of benzene rings is 1. The molecule has 1 aliphatic rings. The molecule has 2 aromatic rings. The average Bonchev–Trinajstić information content (AvgIpc) is 2.61. The van der Waals surface area contributed by atoms with Crippen LogP contribution in [0.4, 0.5) is 14.6 Å². The van der Waals surface area contributed by atoms with E-state index in [-0.39, 0.29) is 23.2 Å². The van der Waals surface area contributed by atoms with Crippen molar-refractivity contribution in [1.82, 2.24) is 9.13 Å². The minimum atomic E-state index is -0.775. The fourth-order valence-electron chi connectivity index (χ4n) is 3.16. The summed E-state index contributed by atoms with van der Waals surface area (Å²) in [4.78, 5) is 26.6. The van der Waals surface area contributed by atoms with Crippen LogP contribution in [0, 0.1) is 11.6 Å². The van der Waals surface area contributed by atoms with E-state index in [1.54, 1.807) is 0 Å². The lowest BCUT2D eigenvalue weighted by molar-refractivity contribution is 0.489. The van der Waals surface area contributed by atoms with Gasteiger partial charge < -0.3 is 10.6 Å². The van der Waals surface area contributed by atoms with Crippen molar-refractivity contribution in [1.29, 1.82) is 0 Å². The van der Waals surface area contributed by atoms with E-state index in [1.165, 1.54) is 17.7 Å². The number of aromatic nitrogens is 2. The number of hydrogen-bond donors (Lipinski definition) is 1. The van der Waals surface area contributed by atoms with Crippen LogP contribution in [0.1, 0.15) is 18.4 Å². The number of halogens is 3. The molecule has 26 heavy (non-hydrogen) atoms. The maximum absolute atomic E-state index is 14.2.